The van der Waals surface area contributed by atoms with Crippen LogP contribution in [-0.2, 0) is 6.42 Å². The maximum absolute atomic E-state index is 12.4. The summed E-state index contributed by atoms with van der Waals surface area (Å²) >= 11 is 5.95. The zero-order valence-corrected chi connectivity index (χ0v) is 12.7. The van der Waals surface area contributed by atoms with Gasteiger partial charge in [0.2, 0.25) is 5.78 Å². The van der Waals surface area contributed by atoms with Crippen molar-refractivity contribution in [2.24, 2.45) is 0 Å². The van der Waals surface area contributed by atoms with Crippen LogP contribution in [0.25, 0.3) is 11.0 Å². The molecule has 0 unspecified atom stereocenters. The summed E-state index contributed by atoms with van der Waals surface area (Å²) < 4.78 is 5.61. The number of ketones is 1. The zero-order chi connectivity index (χ0) is 15.0. The summed E-state index contributed by atoms with van der Waals surface area (Å²) in [6.45, 7) is 4.06. The molecule has 1 heterocycles. The second-order valence-electron chi connectivity index (χ2n) is 5.39. The van der Waals surface area contributed by atoms with Gasteiger partial charge in [-0.1, -0.05) is 40.9 Å². The predicted molar refractivity (Wildman–Crippen MR) is 85.2 cm³/mol. The fourth-order valence-corrected chi connectivity index (χ4v) is 2.78. The highest BCUT2D eigenvalue weighted by Gasteiger charge is 2.13. The minimum atomic E-state index is -0.0210. The lowest BCUT2D eigenvalue weighted by Crippen LogP contribution is -2.02. The van der Waals surface area contributed by atoms with Gasteiger partial charge in [0.05, 0.1) is 0 Å². The predicted octanol–water partition coefficient (Wildman–Crippen LogP) is 5.13. The molecule has 106 valence electrons. The van der Waals surface area contributed by atoms with Gasteiger partial charge in [0.25, 0.3) is 0 Å². The number of furan rings is 1. The van der Waals surface area contributed by atoms with E-state index in [-0.39, 0.29) is 5.78 Å². The normalized spacial score (nSPS) is 11.0. The summed E-state index contributed by atoms with van der Waals surface area (Å²) in [5, 5.41) is 1.49. The maximum atomic E-state index is 12.4. The first-order valence-electron chi connectivity index (χ1n) is 6.81. The van der Waals surface area contributed by atoms with Gasteiger partial charge in [-0.15, -0.1) is 0 Å². The molecule has 3 heteroatoms. The number of carbonyl (C=O) groups is 1. The topological polar surface area (TPSA) is 30.2 Å². The molecule has 0 saturated heterocycles. The summed E-state index contributed by atoms with van der Waals surface area (Å²) in [5.74, 6) is 0.360. The minimum Gasteiger partial charge on any atom is -0.453 e. The molecule has 0 fully saturated rings. The van der Waals surface area contributed by atoms with E-state index in [9.17, 15) is 4.79 Å². The highest BCUT2D eigenvalue weighted by molar-refractivity contribution is 6.31. The molecule has 2 nitrogen and oxygen atoms in total. The van der Waals surface area contributed by atoms with E-state index in [0.29, 0.717) is 22.8 Å². The van der Waals surface area contributed by atoms with Gasteiger partial charge in [0.1, 0.15) is 5.58 Å². The van der Waals surface area contributed by atoms with Crippen LogP contribution in [-0.4, -0.2) is 5.78 Å². The Bertz CT molecular complexity index is 810. The third-order valence-electron chi connectivity index (χ3n) is 3.40. The summed E-state index contributed by atoms with van der Waals surface area (Å²) in [7, 11) is 0. The molecule has 0 aliphatic carbocycles. The Balaban J connectivity index is 1.89. The van der Waals surface area contributed by atoms with Gasteiger partial charge in [0.15, 0.2) is 5.76 Å². The second-order valence-corrected chi connectivity index (χ2v) is 5.83. The van der Waals surface area contributed by atoms with E-state index >= 15 is 0 Å². The number of aryl methyl sites for hydroxylation is 2. The molecule has 21 heavy (non-hydrogen) atoms. The van der Waals surface area contributed by atoms with Gasteiger partial charge in [-0.05, 0) is 43.7 Å². The number of benzene rings is 2. The Morgan fingerprint density at radius 2 is 1.76 bits per heavy atom. The number of hydrogen-bond donors (Lipinski definition) is 0. The largest absolute Gasteiger partial charge is 0.453 e. The molecule has 0 N–H and O–H groups in total. The third-order valence-corrected chi connectivity index (χ3v) is 3.63. The van der Waals surface area contributed by atoms with Crippen molar-refractivity contribution in [3.05, 3.63) is 69.9 Å². The molecule has 0 radical (unpaired) electrons. The average Bonchev–Trinajstić information content (AvgIpc) is 2.80. The van der Waals surface area contributed by atoms with E-state index in [0.717, 1.165) is 22.1 Å². The summed E-state index contributed by atoms with van der Waals surface area (Å²) in [5.41, 5.74) is 4.02. The van der Waals surface area contributed by atoms with Crippen LogP contribution >= 0.6 is 11.6 Å². The number of fused-ring (bicyclic) bond motifs is 1. The van der Waals surface area contributed by atoms with E-state index in [1.54, 1.807) is 24.3 Å². The Labute approximate surface area is 128 Å². The standard InChI is InChI=1S/C18H15ClO2/c1-11-5-12(2)7-13(6-11)8-16(20)18-10-14-9-15(19)3-4-17(14)21-18/h3-7,9-10H,8H2,1-2H3. The summed E-state index contributed by atoms with van der Waals surface area (Å²) in [4.78, 5) is 12.4. The molecule has 0 amide bonds. The molecule has 0 bridgehead atoms. The van der Waals surface area contributed by atoms with Crippen molar-refractivity contribution in [2.45, 2.75) is 20.3 Å². The van der Waals surface area contributed by atoms with E-state index < -0.39 is 0 Å². The minimum absolute atomic E-state index is 0.0210. The van der Waals surface area contributed by atoms with Crippen molar-refractivity contribution in [2.75, 3.05) is 0 Å². The number of carbonyl (C=O) groups excluding carboxylic acids is 1. The Morgan fingerprint density at radius 3 is 2.48 bits per heavy atom. The SMILES string of the molecule is Cc1cc(C)cc(CC(=O)c2cc3cc(Cl)ccc3o2)c1. The first-order valence-corrected chi connectivity index (χ1v) is 7.18. The van der Waals surface area contributed by atoms with Crippen molar-refractivity contribution in [1.29, 1.82) is 0 Å². The van der Waals surface area contributed by atoms with Gasteiger partial charge < -0.3 is 4.42 Å². The quantitative estimate of drug-likeness (QED) is 0.628. The molecule has 0 saturated carbocycles. The van der Waals surface area contributed by atoms with Crippen LogP contribution < -0.4 is 0 Å². The molecular weight excluding hydrogens is 284 g/mol. The number of halogens is 1. The van der Waals surface area contributed by atoms with Gasteiger partial charge in [-0.25, -0.2) is 0 Å². The smallest absolute Gasteiger partial charge is 0.202 e. The fraction of sp³-hybridized carbons (Fsp3) is 0.167. The van der Waals surface area contributed by atoms with Crippen molar-refractivity contribution < 1.29 is 9.21 Å². The van der Waals surface area contributed by atoms with Crippen LogP contribution in [0.3, 0.4) is 0 Å². The van der Waals surface area contributed by atoms with E-state index in [1.165, 1.54) is 0 Å². The molecule has 1 aromatic heterocycles. The third kappa shape index (κ3) is 3.01. The molecular formula is C18H15ClO2. The lowest BCUT2D eigenvalue weighted by Gasteiger charge is -2.03. The number of Topliss-reactive ketones (excluding diaryl/α,β-unsaturated/α-hetero) is 1. The van der Waals surface area contributed by atoms with Crippen molar-refractivity contribution >= 4 is 28.4 Å². The van der Waals surface area contributed by atoms with Crippen LogP contribution in [0.15, 0.2) is 46.9 Å². The van der Waals surface area contributed by atoms with Crippen LogP contribution in [0.2, 0.25) is 5.02 Å². The lowest BCUT2D eigenvalue weighted by molar-refractivity contribution is 0.0968. The van der Waals surface area contributed by atoms with Gasteiger partial charge in [0, 0.05) is 16.8 Å². The van der Waals surface area contributed by atoms with E-state index in [4.69, 9.17) is 16.0 Å². The van der Waals surface area contributed by atoms with E-state index in [2.05, 4.69) is 6.07 Å². The molecule has 3 rings (SSSR count). The van der Waals surface area contributed by atoms with Gasteiger partial charge in [-0.2, -0.15) is 0 Å². The fourth-order valence-electron chi connectivity index (χ4n) is 2.60. The molecule has 0 aliphatic rings. The summed E-state index contributed by atoms with van der Waals surface area (Å²) in [6, 6.07) is 13.3. The highest BCUT2D eigenvalue weighted by Crippen LogP contribution is 2.24. The van der Waals surface area contributed by atoms with Crippen LogP contribution in [0.4, 0.5) is 0 Å². The Hall–Kier alpha value is -2.06. The Kier molecular flexibility index (Phi) is 3.56. The average molecular weight is 299 g/mol. The first-order chi connectivity index (χ1) is 10.0. The lowest BCUT2D eigenvalue weighted by atomic mass is 10.0. The first kappa shape index (κ1) is 13.9. The zero-order valence-electron chi connectivity index (χ0n) is 11.9. The maximum Gasteiger partial charge on any atom is 0.202 e. The molecule has 0 atom stereocenters. The van der Waals surface area contributed by atoms with Crippen LogP contribution in [0, 0.1) is 13.8 Å². The van der Waals surface area contributed by atoms with Crippen molar-refractivity contribution in [3.8, 4) is 0 Å². The van der Waals surface area contributed by atoms with Gasteiger partial charge >= 0.3 is 0 Å². The monoisotopic (exact) mass is 298 g/mol. The molecule has 2 aromatic carbocycles. The van der Waals surface area contributed by atoms with Crippen LogP contribution in [0.5, 0.6) is 0 Å². The highest BCUT2D eigenvalue weighted by atomic mass is 35.5. The van der Waals surface area contributed by atoms with E-state index in [1.807, 2.05) is 26.0 Å². The second kappa shape index (κ2) is 5.38. The molecule has 0 aliphatic heterocycles. The van der Waals surface area contributed by atoms with Crippen molar-refractivity contribution in [3.63, 3.8) is 0 Å². The Morgan fingerprint density at radius 1 is 1.05 bits per heavy atom. The van der Waals surface area contributed by atoms with Crippen LogP contribution in [0.1, 0.15) is 27.2 Å². The summed E-state index contributed by atoms with van der Waals surface area (Å²) in [6.07, 6.45) is 0.343. The molecule has 0 spiro atoms. The van der Waals surface area contributed by atoms with Crippen molar-refractivity contribution in [1.82, 2.24) is 0 Å². The number of rotatable bonds is 3. The molecule has 3 aromatic rings. The number of hydrogen-bond acceptors (Lipinski definition) is 2. The van der Waals surface area contributed by atoms with Gasteiger partial charge in [-0.3, -0.25) is 4.79 Å².